The monoisotopic (exact) mass is 488 g/mol. The Morgan fingerprint density at radius 3 is 2.84 bits per heavy atom. The van der Waals surface area contributed by atoms with Crippen molar-refractivity contribution < 1.29 is 28.8 Å². The maximum Gasteiger partial charge on any atom is 0.404 e. The molecular formula is C18H26ClN6O6P. The summed E-state index contributed by atoms with van der Waals surface area (Å²) in [5, 5.41) is 8.83. The average Bonchev–Trinajstić information content (AvgIpc) is 3.48. The van der Waals surface area contributed by atoms with E-state index in [2.05, 4.69) is 25.1 Å². The van der Waals surface area contributed by atoms with Crippen LogP contribution in [0, 0.1) is 0 Å². The fraction of sp³-hybridized carbons (Fsp3) is 0.667. The van der Waals surface area contributed by atoms with Crippen molar-refractivity contribution in [2.24, 2.45) is 5.73 Å². The van der Waals surface area contributed by atoms with Crippen molar-refractivity contribution in [2.75, 3.05) is 18.5 Å². The third-order valence-corrected chi connectivity index (χ3v) is 6.56. The molecule has 3 atom stereocenters. The molecule has 0 radical (unpaired) electrons. The number of fused-ring (bicyclic) bond motifs is 1. The molecule has 1 amide bonds. The number of carbonyl (C=O) groups is 1. The number of hydrogen-bond acceptors (Lipinski definition) is 10. The van der Waals surface area contributed by atoms with E-state index in [-0.39, 0.29) is 30.8 Å². The molecule has 2 fully saturated rings. The molecule has 1 saturated carbocycles. The van der Waals surface area contributed by atoms with Crippen molar-refractivity contribution in [3.63, 3.8) is 0 Å². The number of nitrogens with zero attached hydrogens (tertiary/aromatic N) is 4. The second-order valence-corrected chi connectivity index (χ2v) is 9.38. The van der Waals surface area contributed by atoms with Gasteiger partial charge in [-0.25, -0.2) is 9.48 Å². The van der Waals surface area contributed by atoms with Gasteiger partial charge in [0.05, 0.1) is 24.3 Å². The fourth-order valence-corrected chi connectivity index (χ4v) is 4.62. The van der Waals surface area contributed by atoms with Crippen molar-refractivity contribution in [1.82, 2.24) is 19.7 Å². The molecule has 2 aromatic heterocycles. The van der Waals surface area contributed by atoms with E-state index in [1.807, 2.05) is 0 Å². The zero-order chi connectivity index (χ0) is 22.7. The molecule has 5 N–H and O–H groups in total. The Labute approximate surface area is 190 Å². The predicted molar refractivity (Wildman–Crippen MR) is 116 cm³/mol. The highest BCUT2D eigenvalue weighted by Gasteiger charge is 2.31. The summed E-state index contributed by atoms with van der Waals surface area (Å²) in [5.41, 5.74) is 5.49. The molecule has 12 nitrogen and oxygen atoms in total. The third kappa shape index (κ3) is 5.56. The Bertz CT molecular complexity index is 942. The smallest absolute Gasteiger partial charge is 0.404 e. The van der Waals surface area contributed by atoms with Gasteiger partial charge in [0.15, 0.2) is 26.1 Å². The van der Waals surface area contributed by atoms with E-state index in [4.69, 9.17) is 26.8 Å². The molecule has 14 heteroatoms. The molecule has 2 aliphatic rings. The molecule has 176 valence electrons. The minimum Gasteiger partial charge on any atom is -0.446 e. The molecule has 1 aliphatic carbocycles. The Kier molecular flexibility index (Phi) is 7.59. The van der Waals surface area contributed by atoms with E-state index in [9.17, 15) is 14.6 Å². The van der Waals surface area contributed by atoms with Crippen molar-refractivity contribution >= 4 is 42.9 Å². The number of aromatic nitrogens is 4. The molecule has 3 unspecified atom stereocenters. The highest BCUT2D eigenvalue weighted by molar-refractivity contribution is 7.45. The normalized spacial score (nSPS) is 22.6. The largest absolute Gasteiger partial charge is 0.446 e. The van der Waals surface area contributed by atoms with E-state index in [0.29, 0.717) is 30.3 Å². The maximum atomic E-state index is 10.7. The van der Waals surface area contributed by atoms with E-state index < -0.39 is 20.3 Å². The summed E-state index contributed by atoms with van der Waals surface area (Å²) in [4.78, 5) is 38.4. The average molecular weight is 489 g/mol. The van der Waals surface area contributed by atoms with Gasteiger partial charge in [0.1, 0.15) is 12.4 Å². The van der Waals surface area contributed by atoms with Gasteiger partial charge in [-0.2, -0.15) is 15.1 Å². The Hall–Kier alpha value is -1.82. The van der Waals surface area contributed by atoms with Crippen molar-refractivity contribution in [3.05, 3.63) is 11.5 Å². The second-order valence-electron chi connectivity index (χ2n) is 7.82. The van der Waals surface area contributed by atoms with Gasteiger partial charge in [0, 0.05) is 6.04 Å². The van der Waals surface area contributed by atoms with Crippen LogP contribution in [0.25, 0.3) is 11.0 Å². The lowest BCUT2D eigenvalue weighted by molar-refractivity contribution is -0.0580. The number of halogens is 1. The molecule has 2 aromatic rings. The third-order valence-electron chi connectivity index (χ3n) is 5.58. The number of ether oxygens (including phenoxy) is 3. The molecule has 0 aromatic carbocycles. The first-order chi connectivity index (χ1) is 15.4. The highest BCUT2D eigenvalue weighted by atomic mass is 35.5. The standard InChI is InChI=1S/C18H26ClN6O6P/c19-17-23-15(22-10-3-1-2-4-10)12-7-21-25(16(12)24-17)13-6-5-11(31-13)8-29-14(32(27)28)9-30-18(20)26/h7,10-11,13-14,27-28H,1-6,8-9H2,(H2,20,26)(H,22,23,24). The van der Waals surface area contributed by atoms with Crippen LogP contribution in [-0.2, 0) is 14.2 Å². The summed E-state index contributed by atoms with van der Waals surface area (Å²) in [6, 6.07) is 0.367. The molecule has 0 bridgehead atoms. The van der Waals surface area contributed by atoms with Gasteiger partial charge in [0.25, 0.3) is 0 Å². The van der Waals surface area contributed by atoms with Crippen LogP contribution in [0.15, 0.2) is 6.20 Å². The lowest BCUT2D eigenvalue weighted by atomic mass is 10.2. The van der Waals surface area contributed by atoms with Gasteiger partial charge in [-0.1, -0.05) is 12.8 Å². The van der Waals surface area contributed by atoms with Gasteiger partial charge in [-0.3, -0.25) is 0 Å². The highest BCUT2D eigenvalue weighted by Crippen LogP contribution is 2.35. The lowest BCUT2D eigenvalue weighted by Crippen LogP contribution is -2.27. The molecule has 4 rings (SSSR count). The van der Waals surface area contributed by atoms with E-state index in [0.717, 1.165) is 18.2 Å². The summed E-state index contributed by atoms with van der Waals surface area (Å²) in [6.07, 6.45) is 5.92. The molecular weight excluding hydrogens is 463 g/mol. The predicted octanol–water partition coefficient (Wildman–Crippen LogP) is 2.25. The van der Waals surface area contributed by atoms with Gasteiger partial charge in [-0.15, -0.1) is 0 Å². The molecule has 0 spiro atoms. The first kappa shape index (κ1) is 23.3. The number of amides is 1. The zero-order valence-corrected chi connectivity index (χ0v) is 18.9. The van der Waals surface area contributed by atoms with E-state index >= 15 is 0 Å². The lowest BCUT2D eigenvalue weighted by Gasteiger charge is -2.20. The Morgan fingerprint density at radius 2 is 2.12 bits per heavy atom. The van der Waals surface area contributed by atoms with Crippen LogP contribution in [0.2, 0.25) is 5.28 Å². The van der Waals surface area contributed by atoms with Crippen molar-refractivity contribution in [1.29, 1.82) is 0 Å². The van der Waals surface area contributed by atoms with Gasteiger partial charge in [0.2, 0.25) is 5.28 Å². The molecule has 3 heterocycles. The molecule has 32 heavy (non-hydrogen) atoms. The number of anilines is 1. The molecule has 1 saturated heterocycles. The Balaban J connectivity index is 1.40. The van der Waals surface area contributed by atoms with Crippen molar-refractivity contribution in [2.45, 2.75) is 62.7 Å². The summed E-state index contributed by atoms with van der Waals surface area (Å²) in [7, 11) is -2.47. The van der Waals surface area contributed by atoms with E-state index in [1.54, 1.807) is 10.9 Å². The number of carbonyl (C=O) groups excluding carboxylic acids is 1. The fourth-order valence-electron chi connectivity index (χ4n) is 4.03. The summed E-state index contributed by atoms with van der Waals surface area (Å²) in [6.45, 7) is -0.257. The summed E-state index contributed by atoms with van der Waals surface area (Å²) < 4.78 is 17.8. The van der Waals surface area contributed by atoms with Crippen LogP contribution in [-0.4, -0.2) is 66.8 Å². The maximum absolute atomic E-state index is 10.7. The molecule has 1 aliphatic heterocycles. The minimum absolute atomic E-state index is 0.0899. The van der Waals surface area contributed by atoms with Crippen molar-refractivity contribution in [3.8, 4) is 0 Å². The van der Waals surface area contributed by atoms with Crippen LogP contribution in [0.5, 0.6) is 0 Å². The van der Waals surface area contributed by atoms with E-state index in [1.165, 1.54) is 12.8 Å². The zero-order valence-electron chi connectivity index (χ0n) is 17.3. The number of nitrogens with one attached hydrogen (secondary N) is 1. The summed E-state index contributed by atoms with van der Waals surface area (Å²) in [5.74, 6) is -0.394. The van der Waals surface area contributed by atoms with Gasteiger partial charge >= 0.3 is 6.09 Å². The van der Waals surface area contributed by atoms with Crippen LogP contribution >= 0.6 is 20.0 Å². The number of primary amides is 1. The van der Waals surface area contributed by atoms with Gasteiger partial charge < -0.3 is 35.0 Å². The van der Waals surface area contributed by atoms with Crippen LogP contribution in [0.3, 0.4) is 0 Å². The number of nitrogens with two attached hydrogens (primary N) is 1. The summed E-state index contributed by atoms with van der Waals surface area (Å²) >= 11 is 6.19. The topological polar surface area (TPSA) is 167 Å². The first-order valence-electron chi connectivity index (χ1n) is 10.4. The van der Waals surface area contributed by atoms with Crippen LogP contribution in [0.1, 0.15) is 44.8 Å². The quantitative estimate of drug-likeness (QED) is 0.303. The van der Waals surface area contributed by atoms with Crippen LogP contribution < -0.4 is 11.1 Å². The van der Waals surface area contributed by atoms with Gasteiger partial charge in [-0.05, 0) is 37.3 Å². The SMILES string of the molecule is NC(=O)OCC(OCC1CCC(n2ncc3c(NC4CCCC4)nc(Cl)nc32)O1)P(O)O. The second kappa shape index (κ2) is 10.4. The van der Waals surface area contributed by atoms with Crippen LogP contribution in [0.4, 0.5) is 10.6 Å². The number of hydrogen-bond donors (Lipinski definition) is 4. The Morgan fingerprint density at radius 1 is 1.34 bits per heavy atom. The number of rotatable bonds is 9. The minimum atomic E-state index is -2.47. The first-order valence-corrected chi connectivity index (χ1v) is 12.1.